The Morgan fingerprint density at radius 1 is 1.05 bits per heavy atom. The fourth-order valence-electron chi connectivity index (χ4n) is 2.53. The van der Waals surface area contributed by atoms with Gasteiger partial charge >= 0.3 is 0 Å². The minimum atomic E-state index is 0.299. The van der Waals surface area contributed by atoms with Crippen molar-refractivity contribution in [3.05, 3.63) is 18.0 Å². The molecule has 0 saturated heterocycles. The van der Waals surface area contributed by atoms with Crippen LogP contribution in [0.1, 0.15) is 31.6 Å². The van der Waals surface area contributed by atoms with E-state index in [9.17, 15) is 0 Å². The summed E-state index contributed by atoms with van der Waals surface area (Å²) in [7, 11) is 4.77. The molecule has 3 rings (SSSR count). The molecule has 1 heterocycles. The van der Waals surface area contributed by atoms with Gasteiger partial charge in [0.05, 0.1) is 26.9 Å². The van der Waals surface area contributed by atoms with Crippen LogP contribution in [0.5, 0.6) is 17.2 Å². The fraction of sp³-hybridized carbons (Fsp3) is 0.500. The molecule has 1 aliphatic carbocycles. The van der Waals surface area contributed by atoms with Crippen molar-refractivity contribution in [1.82, 2.24) is 10.1 Å². The predicted molar refractivity (Wildman–Crippen MR) is 80.5 cm³/mol. The maximum atomic E-state index is 5.42. The Balaban J connectivity index is 1.99. The van der Waals surface area contributed by atoms with Gasteiger partial charge in [0.15, 0.2) is 11.5 Å². The Labute approximate surface area is 129 Å². The highest BCUT2D eigenvalue weighted by molar-refractivity contribution is 5.69. The molecule has 0 N–H and O–H groups in total. The van der Waals surface area contributed by atoms with Crippen molar-refractivity contribution in [2.45, 2.75) is 25.7 Å². The molecule has 0 unspecified atom stereocenters. The maximum Gasteiger partial charge on any atom is 0.230 e. The lowest BCUT2D eigenvalue weighted by Gasteiger charge is -2.12. The monoisotopic (exact) mass is 304 g/mol. The third kappa shape index (κ3) is 2.61. The number of rotatable bonds is 6. The molecule has 1 saturated carbocycles. The van der Waals surface area contributed by atoms with Crippen LogP contribution in [0.15, 0.2) is 16.7 Å². The summed E-state index contributed by atoms with van der Waals surface area (Å²) in [5.74, 6) is 3.95. The smallest absolute Gasteiger partial charge is 0.230 e. The van der Waals surface area contributed by atoms with E-state index in [-0.39, 0.29) is 0 Å². The molecule has 0 spiro atoms. The van der Waals surface area contributed by atoms with E-state index in [1.165, 1.54) is 12.8 Å². The molecular weight excluding hydrogens is 284 g/mol. The summed E-state index contributed by atoms with van der Waals surface area (Å²) in [6.07, 6.45) is 2.47. The fourth-order valence-corrected chi connectivity index (χ4v) is 2.53. The molecule has 1 fully saturated rings. The van der Waals surface area contributed by atoms with Crippen LogP contribution in [-0.4, -0.2) is 31.5 Å². The number of hydrogen-bond donors (Lipinski definition) is 0. The molecule has 0 bridgehead atoms. The van der Waals surface area contributed by atoms with Gasteiger partial charge in [-0.2, -0.15) is 4.98 Å². The summed E-state index contributed by atoms with van der Waals surface area (Å²) < 4.78 is 21.5. The van der Waals surface area contributed by atoms with Crippen LogP contribution in [0.2, 0.25) is 0 Å². The zero-order chi connectivity index (χ0) is 15.7. The maximum absolute atomic E-state index is 5.42. The van der Waals surface area contributed by atoms with E-state index in [0.29, 0.717) is 40.8 Å². The highest BCUT2D eigenvalue weighted by Crippen LogP contribution is 2.43. The molecule has 22 heavy (non-hydrogen) atoms. The van der Waals surface area contributed by atoms with Crippen molar-refractivity contribution >= 4 is 0 Å². The first kappa shape index (κ1) is 14.7. The summed E-state index contributed by atoms with van der Waals surface area (Å²) in [5, 5.41) is 4.09. The van der Waals surface area contributed by atoms with Gasteiger partial charge in [-0.15, -0.1) is 0 Å². The van der Waals surface area contributed by atoms with E-state index >= 15 is 0 Å². The Morgan fingerprint density at radius 2 is 1.68 bits per heavy atom. The number of hydrogen-bond acceptors (Lipinski definition) is 6. The van der Waals surface area contributed by atoms with Gasteiger partial charge in [-0.25, -0.2) is 0 Å². The Kier molecular flexibility index (Phi) is 3.92. The van der Waals surface area contributed by atoms with Crippen molar-refractivity contribution < 1.29 is 18.7 Å². The summed E-state index contributed by atoms with van der Waals surface area (Å²) >= 11 is 0. The van der Waals surface area contributed by atoms with E-state index in [1.807, 2.05) is 0 Å². The summed E-state index contributed by atoms with van der Waals surface area (Å²) in [4.78, 5) is 4.53. The second-order valence-corrected chi connectivity index (χ2v) is 5.49. The van der Waals surface area contributed by atoms with E-state index in [0.717, 1.165) is 5.56 Å². The highest BCUT2D eigenvalue weighted by atomic mass is 16.5. The number of aromatic nitrogens is 2. The van der Waals surface area contributed by atoms with Gasteiger partial charge < -0.3 is 18.7 Å². The second kappa shape index (κ2) is 5.87. The van der Waals surface area contributed by atoms with Gasteiger partial charge in [0.1, 0.15) is 5.75 Å². The van der Waals surface area contributed by atoms with Crippen molar-refractivity contribution in [3.8, 4) is 28.6 Å². The molecule has 118 valence electrons. The summed E-state index contributed by atoms with van der Waals surface area (Å²) in [6.45, 7) is 2.13. The van der Waals surface area contributed by atoms with Gasteiger partial charge in [-0.3, -0.25) is 0 Å². The standard InChI is InChI=1S/C16H20N2O4/c1-9(10-5-6-10)16-17-15(18-22-16)11-7-13(20-3)14(21-4)8-12(11)19-2/h7-10H,5-6H2,1-4H3/t9-/m1/s1. The van der Waals surface area contributed by atoms with Gasteiger partial charge in [-0.05, 0) is 24.8 Å². The second-order valence-electron chi connectivity index (χ2n) is 5.49. The van der Waals surface area contributed by atoms with E-state index in [2.05, 4.69) is 17.1 Å². The Bertz CT molecular complexity index is 664. The lowest BCUT2D eigenvalue weighted by atomic mass is 10.1. The Hall–Kier alpha value is -2.24. The van der Waals surface area contributed by atoms with Crippen molar-refractivity contribution in [2.75, 3.05) is 21.3 Å². The van der Waals surface area contributed by atoms with Gasteiger partial charge in [0.2, 0.25) is 11.7 Å². The lowest BCUT2D eigenvalue weighted by molar-refractivity contribution is 0.346. The third-order valence-corrected chi connectivity index (χ3v) is 4.11. The SMILES string of the molecule is COc1cc(OC)c(-c2noc([C@H](C)C3CC3)n2)cc1OC. The van der Waals surface area contributed by atoms with Crippen LogP contribution in [0.4, 0.5) is 0 Å². The third-order valence-electron chi connectivity index (χ3n) is 4.11. The van der Waals surface area contributed by atoms with E-state index in [4.69, 9.17) is 18.7 Å². The normalized spacial score (nSPS) is 15.5. The van der Waals surface area contributed by atoms with Gasteiger partial charge in [0, 0.05) is 12.0 Å². The van der Waals surface area contributed by atoms with Crippen LogP contribution in [-0.2, 0) is 0 Å². The molecule has 0 amide bonds. The first-order valence-corrected chi connectivity index (χ1v) is 7.32. The highest BCUT2D eigenvalue weighted by Gasteiger charge is 2.33. The van der Waals surface area contributed by atoms with Gasteiger partial charge in [0.25, 0.3) is 0 Å². The molecule has 6 heteroatoms. The van der Waals surface area contributed by atoms with Gasteiger partial charge in [-0.1, -0.05) is 12.1 Å². The predicted octanol–water partition coefficient (Wildman–Crippen LogP) is 3.28. The van der Waals surface area contributed by atoms with Crippen molar-refractivity contribution in [2.24, 2.45) is 5.92 Å². The molecule has 6 nitrogen and oxygen atoms in total. The van der Waals surface area contributed by atoms with Crippen LogP contribution in [0.25, 0.3) is 11.4 Å². The first-order chi connectivity index (χ1) is 10.7. The molecular formula is C16H20N2O4. The average Bonchev–Trinajstić information content (AvgIpc) is 3.29. The Morgan fingerprint density at radius 3 is 2.27 bits per heavy atom. The number of nitrogens with zero attached hydrogens (tertiary/aromatic N) is 2. The number of benzene rings is 1. The minimum Gasteiger partial charge on any atom is -0.496 e. The minimum absolute atomic E-state index is 0.299. The molecule has 1 atom stereocenters. The van der Waals surface area contributed by atoms with Crippen molar-refractivity contribution in [1.29, 1.82) is 0 Å². The number of ether oxygens (including phenoxy) is 3. The van der Waals surface area contributed by atoms with Crippen LogP contribution < -0.4 is 14.2 Å². The zero-order valence-electron chi connectivity index (χ0n) is 13.3. The van der Waals surface area contributed by atoms with Crippen molar-refractivity contribution in [3.63, 3.8) is 0 Å². The van der Waals surface area contributed by atoms with Crippen LogP contribution >= 0.6 is 0 Å². The summed E-state index contributed by atoms with van der Waals surface area (Å²) in [5.41, 5.74) is 0.721. The molecule has 0 radical (unpaired) electrons. The lowest BCUT2D eigenvalue weighted by Crippen LogP contribution is -1.97. The largest absolute Gasteiger partial charge is 0.496 e. The van der Waals surface area contributed by atoms with E-state index < -0.39 is 0 Å². The molecule has 1 aromatic heterocycles. The molecule has 0 aliphatic heterocycles. The quantitative estimate of drug-likeness (QED) is 0.816. The molecule has 1 aromatic carbocycles. The number of methoxy groups -OCH3 is 3. The van der Waals surface area contributed by atoms with Crippen LogP contribution in [0.3, 0.4) is 0 Å². The van der Waals surface area contributed by atoms with E-state index in [1.54, 1.807) is 33.5 Å². The zero-order valence-corrected chi connectivity index (χ0v) is 13.3. The van der Waals surface area contributed by atoms with Crippen LogP contribution in [0, 0.1) is 5.92 Å². The topological polar surface area (TPSA) is 66.6 Å². The average molecular weight is 304 g/mol. The molecule has 2 aromatic rings. The first-order valence-electron chi connectivity index (χ1n) is 7.32. The molecule has 1 aliphatic rings. The summed E-state index contributed by atoms with van der Waals surface area (Å²) in [6, 6.07) is 3.56.